The summed E-state index contributed by atoms with van der Waals surface area (Å²) in [5.41, 5.74) is 0.233. The average Bonchev–Trinajstić information content (AvgIpc) is 2.28. The van der Waals surface area contributed by atoms with Gasteiger partial charge in [0.1, 0.15) is 0 Å². The Bertz CT molecular complexity index is 448. The SMILES string of the molecule is CCCN(C)C(=O)c1ccc(Br)c([N+](=O)[O-])c1. The molecular formula is C11H13BrN2O3. The number of nitro groups is 1. The van der Waals surface area contributed by atoms with Crippen LogP contribution in [-0.2, 0) is 0 Å². The zero-order valence-electron chi connectivity index (χ0n) is 9.64. The Kier molecular flexibility index (Phi) is 4.62. The highest BCUT2D eigenvalue weighted by Gasteiger charge is 2.17. The lowest BCUT2D eigenvalue weighted by atomic mass is 10.2. The van der Waals surface area contributed by atoms with E-state index < -0.39 is 4.92 Å². The molecule has 0 N–H and O–H groups in total. The third-order valence-electron chi connectivity index (χ3n) is 2.30. The van der Waals surface area contributed by atoms with E-state index in [1.54, 1.807) is 18.0 Å². The predicted molar refractivity (Wildman–Crippen MR) is 68.0 cm³/mol. The number of carbonyl (C=O) groups excluding carboxylic acids is 1. The van der Waals surface area contributed by atoms with E-state index in [1.807, 2.05) is 6.92 Å². The largest absolute Gasteiger partial charge is 0.342 e. The van der Waals surface area contributed by atoms with Gasteiger partial charge in [0, 0.05) is 25.2 Å². The summed E-state index contributed by atoms with van der Waals surface area (Å²) in [5.74, 6) is -0.206. The second-order valence-electron chi connectivity index (χ2n) is 3.65. The van der Waals surface area contributed by atoms with Crippen molar-refractivity contribution in [3.05, 3.63) is 38.3 Å². The summed E-state index contributed by atoms with van der Waals surface area (Å²) in [6.07, 6.45) is 0.848. The first-order valence-corrected chi connectivity index (χ1v) is 5.96. The summed E-state index contributed by atoms with van der Waals surface area (Å²) in [6.45, 7) is 2.59. The fraction of sp³-hybridized carbons (Fsp3) is 0.364. The van der Waals surface area contributed by atoms with E-state index in [0.29, 0.717) is 16.6 Å². The first kappa shape index (κ1) is 13.6. The van der Waals surface area contributed by atoms with Crippen LogP contribution in [0.3, 0.4) is 0 Å². The summed E-state index contributed by atoms with van der Waals surface area (Å²) in [7, 11) is 1.68. The molecule has 6 heteroatoms. The fourth-order valence-corrected chi connectivity index (χ4v) is 1.83. The molecule has 0 fully saturated rings. The van der Waals surface area contributed by atoms with E-state index in [-0.39, 0.29) is 11.6 Å². The van der Waals surface area contributed by atoms with Crippen molar-refractivity contribution in [3.63, 3.8) is 0 Å². The quantitative estimate of drug-likeness (QED) is 0.634. The number of rotatable bonds is 4. The highest BCUT2D eigenvalue weighted by Crippen LogP contribution is 2.26. The standard InChI is InChI=1S/C11H13BrN2O3/c1-3-6-13(2)11(15)8-4-5-9(12)10(7-8)14(16)17/h4-5,7H,3,6H2,1-2H3. The van der Waals surface area contributed by atoms with Gasteiger partial charge in [0.25, 0.3) is 11.6 Å². The molecule has 0 saturated carbocycles. The molecule has 0 heterocycles. The Morgan fingerprint density at radius 3 is 2.71 bits per heavy atom. The van der Waals surface area contributed by atoms with Gasteiger partial charge in [-0.05, 0) is 34.5 Å². The number of nitro benzene ring substituents is 1. The number of hydrogen-bond acceptors (Lipinski definition) is 3. The number of halogens is 1. The van der Waals surface area contributed by atoms with Gasteiger partial charge in [0.15, 0.2) is 0 Å². The second-order valence-corrected chi connectivity index (χ2v) is 4.50. The van der Waals surface area contributed by atoms with Crippen molar-refractivity contribution in [2.75, 3.05) is 13.6 Å². The van der Waals surface area contributed by atoms with Gasteiger partial charge in [-0.2, -0.15) is 0 Å². The van der Waals surface area contributed by atoms with E-state index in [4.69, 9.17) is 0 Å². The van der Waals surface area contributed by atoms with Gasteiger partial charge in [-0.15, -0.1) is 0 Å². The Morgan fingerprint density at radius 2 is 2.18 bits per heavy atom. The molecule has 0 spiro atoms. The summed E-state index contributed by atoms with van der Waals surface area (Å²) < 4.78 is 0.372. The molecule has 0 saturated heterocycles. The molecule has 1 aromatic rings. The van der Waals surface area contributed by atoms with E-state index in [2.05, 4.69) is 15.9 Å². The molecule has 1 rings (SSSR count). The first-order valence-electron chi connectivity index (χ1n) is 5.16. The lowest BCUT2D eigenvalue weighted by Gasteiger charge is -2.15. The van der Waals surface area contributed by atoms with E-state index in [1.165, 1.54) is 12.1 Å². The number of hydrogen-bond donors (Lipinski definition) is 0. The molecule has 0 aliphatic heterocycles. The summed E-state index contributed by atoms with van der Waals surface area (Å²) in [4.78, 5) is 23.7. The maximum absolute atomic E-state index is 11.9. The van der Waals surface area contributed by atoms with Crippen LogP contribution >= 0.6 is 15.9 Å². The molecule has 0 radical (unpaired) electrons. The predicted octanol–water partition coefficient (Wildman–Crippen LogP) is 2.84. The van der Waals surface area contributed by atoms with Crippen molar-refractivity contribution >= 4 is 27.5 Å². The van der Waals surface area contributed by atoms with Crippen molar-refractivity contribution in [3.8, 4) is 0 Å². The zero-order valence-corrected chi connectivity index (χ0v) is 11.2. The van der Waals surface area contributed by atoms with Crippen LogP contribution in [0, 0.1) is 10.1 Å². The molecular weight excluding hydrogens is 288 g/mol. The number of benzene rings is 1. The molecule has 92 valence electrons. The minimum Gasteiger partial charge on any atom is -0.342 e. The van der Waals surface area contributed by atoms with Crippen molar-refractivity contribution < 1.29 is 9.72 Å². The van der Waals surface area contributed by atoms with Gasteiger partial charge in [0.05, 0.1) is 9.40 Å². The lowest BCUT2D eigenvalue weighted by molar-refractivity contribution is -0.385. The molecule has 1 amide bonds. The van der Waals surface area contributed by atoms with Crippen LogP contribution < -0.4 is 0 Å². The molecule has 0 aromatic heterocycles. The smallest absolute Gasteiger partial charge is 0.284 e. The number of amides is 1. The van der Waals surface area contributed by atoms with Gasteiger partial charge < -0.3 is 4.90 Å². The summed E-state index contributed by atoms with van der Waals surface area (Å²) >= 11 is 3.08. The molecule has 1 aromatic carbocycles. The minimum atomic E-state index is -0.513. The molecule has 17 heavy (non-hydrogen) atoms. The Labute approximate surface area is 108 Å². The van der Waals surface area contributed by atoms with Crippen LogP contribution in [0.15, 0.2) is 22.7 Å². The van der Waals surface area contributed by atoms with Gasteiger partial charge >= 0.3 is 0 Å². The van der Waals surface area contributed by atoms with Crippen molar-refractivity contribution in [2.45, 2.75) is 13.3 Å². The minimum absolute atomic E-state index is 0.0965. The van der Waals surface area contributed by atoms with Crippen LogP contribution in [0.25, 0.3) is 0 Å². The van der Waals surface area contributed by atoms with Crippen LogP contribution in [0.4, 0.5) is 5.69 Å². The van der Waals surface area contributed by atoms with Gasteiger partial charge in [-0.25, -0.2) is 0 Å². The van der Waals surface area contributed by atoms with Gasteiger partial charge in [-0.3, -0.25) is 14.9 Å². The van der Waals surface area contributed by atoms with Crippen molar-refractivity contribution in [1.29, 1.82) is 0 Å². The van der Waals surface area contributed by atoms with Crippen molar-refractivity contribution in [1.82, 2.24) is 4.90 Å². The van der Waals surface area contributed by atoms with Crippen LogP contribution in [0.5, 0.6) is 0 Å². The van der Waals surface area contributed by atoms with Crippen LogP contribution in [-0.4, -0.2) is 29.3 Å². The summed E-state index contributed by atoms with van der Waals surface area (Å²) in [5, 5.41) is 10.7. The van der Waals surface area contributed by atoms with Crippen molar-refractivity contribution in [2.24, 2.45) is 0 Å². The Hall–Kier alpha value is -1.43. The molecule has 0 atom stereocenters. The molecule has 5 nitrogen and oxygen atoms in total. The highest BCUT2D eigenvalue weighted by atomic mass is 79.9. The zero-order chi connectivity index (χ0) is 13.0. The monoisotopic (exact) mass is 300 g/mol. The topological polar surface area (TPSA) is 63.5 Å². The third kappa shape index (κ3) is 3.26. The van der Waals surface area contributed by atoms with Crippen LogP contribution in [0.2, 0.25) is 0 Å². The van der Waals surface area contributed by atoms with Crippen LogP contribution in [0.1, 0.15) is 23.7 Å². The maximum atomic E-state index is 11.9. The highest BCUT2D eigenvalue weighted by molar-refractivity contribution is 9.10. The second kappa shape index (κ2) is 5.77. The number of nitrogens with zero attached hydrogens (tertiary/aromatic N) is 2. The summed E-state index contributed by atoms with van der Waals surface area (Å²) in [6, 6.07) is 4.38. The lowest BCUT2D eigenvalue weighted by Crippen LogP contribution is -2.27. The molecule has 0 aliphatic carbocycles. The van der Waals surface area contributed by atoms with E-state index in [9.17, 15) is 14.9 Å². The normalized spacial score (nSPS) is 10.1. The third-order valence-corrected chi connectivity index (χ3v) is 2.97. The van der Waals surface area contributed by atoms with Gasteiger partial charge in [0.2, 0.25) is 0 Å². The first-order chi connectivity index (χ1) is 7.97. The van der Waals surface area contributed by atoms with E-state index in [0.717, 1.165) is 6.42 Å². The molecule has 0 unspecified atom stereocenters. The average molecular weight is 301 g/mol. The number of carbonyl (C=O) groups is 1. The maximum Gasteiger partial charge on any atom is 0.284 e. The van der Waals surface area contributed by atoms with E-state index >= 15 is 0 Å². The Balaban J connectivity index is 3.03. The molecule has 0 bridgehead atoms. The van der Waals surface area contributed by atoms with Gasteiger partial charge in [-0.1, -0.05) is 6.92 Å². The fourth-order valence-electron chi connectivity index (χ4n) is 1.44. The molecule has 0 aliphatic rings. The Morgan fingerprint density at radius 1 is 1.53 bits per heavy atom.